The lowest BCUT2D eigenvalue weighted by Gasteiger charge is -2.27. The van der Waals surface area contributed by atoms with Crippen LogP contribution in [0.15, 0.2) is 48.7 Å². The summed E-state index contributed by atoms with van der Waals surface area (Å²) in [6, 6.07) is 12.3. The Labute approximate surface area is 166 Å². The van der Waals surface area contributed by atoms with Gasteiger partial charge in [0.25, 0.3) is 0 Å². The number of para-hydroxylation sites is 1. The minimum atomic E-state index is -0.511. The average Bonchev–Trinajstić information content (AvgIpc) is 2.75. The second kappa shape index (κ2) is 8.44. The largest absolute Gasteiger partial charge is 0.378 e. The number of morpholine rings is 1. The minimum absolute atomic E-state index is 0.0577. The number of hydrogen-bond donors (Lipinski definition) is 2. The highest BCUT2D eigenvalue weighted by molar-refractivity contribution is 5.63. The third kappa shape index (κ3) is 4.52. The summed E-state index contributed by atoms with van der Waals surface area (Å²) in [5.41, 5.74) is 0.639. The molecule has 0 aliphatic carbocycles. The highest BCUT2D eigenvalue weighted by Crippen LogP contribution is 2.25. The van der Waals surface area contributed by atoms with E-state index in [1.807, 2.05) is 35.2 Å². The number of rotatable bonds is 6. The van der Waals surface area contributed by atoms with Crippen LogP contribution in [-0.2, 0) is 4.74 Å². The van der Waals surface area contributed by atoms with Crippen molar-refractivity contribution in [3.05, 3.63) is 58.8 Å². The number of nitro groups is 1. The van der Waals surface area contributed by atoms with Gasteiger partial charge in [-0.05, 0) is 18.2 Å². The number of nitrogens with one attached hydrogen (secondary N) is 2. The third-order valence-electron chi connectivity index (χ3n) is 4.16. The molecule has 148 valence electrons. The van der Waals surface area contributed by atoms with Crippen molar-refractivity contribution in [3.63, 3.8) is 0 Å². The van der Waals surface area contributed by atoms with Gasteiger partial charge >= 0.3 is 5.69 Å². The maximum atomic E-state index is 11.3. The van der Waals surface area contributed by atoms with Crippen molar-refractivity contribution in [2.75, 3.05) is 41.8 Å². The van der Waals surface area contributed by atoms with E-state index in [-0.39, 0.29) is 17.5 Å². The van der Waals surface area contributed by atoms with E-state index in [1.165, 1.54) is 18.3 Å². The number of benzene rings is 1. The molecule has 11 nitrogen and oxygen atoms in total. The van der Waals surface area contributed by atoms with Gasteiger partial charge in [-0.3, -0.25) is 10.1 Å². The van der Waals surface area contributed by atoms with Crippen molar-refractivity contribution in [2.24, 2.45) is 0 Å². The first-order chi connectivity index (χ1) is 14.2. The van der Waals surface area contributed by atoms with Gasteiger partial charge in [0.1, 0.15) is 0 Å². The van der Waals surface area contributed by atoms with Crippen LogP contribution in [0, 0.1) is 10.1 Å². The van der Waals surface area contributed by atoms with Crippen LogP contribution < -0.4 is 15.5 Å². The molecule has 0 bridgehead atoms. The van der Waals surface area contributed by atoms with E-state index in [0.29, 0.717) is 38.2 Å². The van der Waals surface area contributed by atoms with Crippen molar-refractivity contribution in [1.82, 2.24) is 19.9 Å². The summed E-state index contributed by atoms with van der Waals surface area (Å²) in [7, 11) is 0. The smallest absolute Gasteiger partial charge is 0.311 e. The summed E-state index contributed by atoms with van der Waals surface area (Å²) in [6.45, 7) is 2.42. The summed E-state index contributed by atoms with van der Waals surface area (Å²) in [5, 5.41) is 17.3. The van der Waals surface area contributed by atoms with Crippen LogP contribution in [0.5, 0.6) is 0 Å². The number of hydrogen-bond acceptors (Lipinski definition) is 10. The Bertz CT molecular complexity index is 995. The second-order valence-corrected chi connectivity index (χ2v) is 6.13. The molecule has 29 heavy (non-hydrogen) atoms. The second-order valence-electron chi connectivity index (χ2n) is 6.13. The Kier molecular flexibility index (Phi) is 5.38. The normalized spacial score (nSPS) is 13.7. The standard InChI is InChI=1S/C18H18N8O3/c27-26(28)14-7-4-8-19-15(14)21-17-22-16(20-13-5-2-1-3-6-13)23-18(24-17)25-9-11-29-12-10-25/h1-8H,9-12H2,(H2,19,20,21,22,23,24). The van der Waals surface area contributed by atoms with Crippen molar-refractivity contribution in [1.29, 1.82) is 0 Å². The first-order valence-electron chi connectivity index (χ1n) is 8.96. The minimum Gasteiger partial charge on any atom is -0.378 e. The molecule has 2 aromatic heterocycles. The summed E-state index contributed by atoms with van der Waals surface area (Å²) < 4.78 is 5.39. The summed E-state index contributed by atoms with van der Waals surface area (Å²) in [6.07, 6.45) is 1.46. The average molecular weight is 394 g/mol. The molecule has 0 amide bonds. The maximum absolute atomic E-state index is 11.3. The Morgan fingerprint density at radius 1 is 0.966 bits per heavy atom. The summed E-state index contributed by atoms with van der Waals surface area (Å²) in [4.78, 5) is 30.1. The first-order valence-corrected chi connectivity index (χ1v) is 8.96. The molecule has 11 heteroatoms. The number of anilines is 5. The van der Waals surface area contributed by atoms with Gasteiger partial charge < -0.3 is 20.3 Å². The SMILES string of the molecule is O=[N+]([O-])c1cccnc1Nc1nc(Nc2ccccc2)nc(N2CCOCC2)n1. The van der Waals surface area contributed by atoms with Gasteiger partial charge in [0.15, 0.2) is 0 Å². The molecule has 3 aromatic rings. The highest BCUT2D eigenvalue weighted by Gasteiger charge is 2.19. The Balaban J connectivity index is 1.68. The lowest BCUT2D eigenvalue weighted by Crippen LogP contribution is -2.37. The lowest BCUT2D eigenvalue weighted by atomic mass is 10.3. The fourth-order valence-electron chi connectivity index (χ4n) is 2.78. The zero-order valence-corrected chi connectivity index (χ0v) is 15.4. The molecule has 1 aliphatic rings. The molecule has 0 radical (unpaired) electrons. The fraction of sp³-hybridized carbons (Fsp3) is 0.222. The van der Waals surface area contributed by atoms with Gasteiger partial charge in [0, 0.05) is 31.0 Å². The molecule has 1 saturated heterocycles. The van der Waals surface area contributed by atoms with E-state index in [9.17, 15) is 10.1 Å². The molecule has 0 atom stereocenters. The molecular weight excluding hydrogens is 376 g/mol. The van der Waals surface area contributed by atoms with Gasteiger partial charge in [-0.2, -0.15) is 15.0 Å². The van der Waals surface area contributed by atoms with Crippen LogP contribution in [0.4, 0.5) is 35.0 Å². The molecule has 3 heterocycles. The van der Waals surface area contributed by atoms with E-state index in [2.05, 4.69) is 30.6 Å². The van der Waals surface area contributed by atoms with E-state index in [4.69, 9.17) is 4.74 Å². The van der Waals surface area contributed by atoms with Crippen molar-refractivity contribution < 1.29 is 9.66 Å². The van der Waals surface area contributed by atoms with Crippen molar-refractivity contribution in [3.8, 4) is 0 Å². The Hall–Kier alpha value is -3.86. The lowest BCUT2D eigenvalue weighted by molar-refractivity contribution is -0.384. The predicted octanol–water partition coefficient (Wildman–Crippen LogP) is 2.50. The quantitative estimate of drug-likeness (QED) is 0.475. The van der Waals surface area contributed by atoms with Crippen LogP contribution in [0.2, 0.25) is 0 Å². The maximum Gasteiger partial charge on any atom is 0.311 e. The number of pyridine rings is 1. The van der Waals surface area contributed by atoms with E-state index < -0.39 is 4.92 Å². The van der Waals surface area contributed by atoms with Gasteiger partial charge in [-0.25, -0.2) is 4.98 Å². The third-order valence-corrected chi connectivity index (χ3v) is 4.16. The zero-order valence-electron chi connectivity index (χ0n) is 15.4. The highest BCUT2D eigenvalue weighted by atomic mass is 16.6. The van der Waals surface area contributed by atoms with Crippen LogP contribution in [-0.4, -0.2) is 51.2 Å². The molecule has 2 N–H and O–H groups in total. The van der Waals surface area contributed by atoms with E-state index in [1.54, 1.807) is 0 Å². The van der Waals surface area contributed by atoms with Crippen molar-refractivity contribution in [2.45, 2.75) is 0 Å². The number of aromatic nitrogens is 4. The number of nitrogens with zero attached hydrogens (tertiary/aromatic N) is 6. The Morgan fingerprint density at radius 2 is 1.69 bits per heavy atom. The zero-order chi connectivity index (χ0) is 20.1. The van der Waals surface area contributed by atoms with Crippen LogP contribution in [0.25, 0.3) is 0 Å². The van der Waals surface area contributed by atoms with Crippen LogP contribution in [0.1, 0.15) is 0 Å². The first kappa shape index (κ1) is 18.5. The van der Waals surface area contributed by atoms with Gasteiger partial charge in [0.2, 0.25) is 23.7 Å². The van der Waals surface area contributed by atoms with Crippen LogP contribution >= 0.6 is 0 Å². The molecule has 1 aromatic carbocycles. The molecule has 0 saturated carbocycles. The predicted molar refractivity (Wildman–Crippen MR) is 107 cm³/mol. The van der Waals surface area contributed by atoms with E-state index >= 15 is 0 Å². The molecule has 4 rings (SSSR count). The van der Waals surface area contributed by atoms with Crippen LogP contribution in [0.3, 0.4) is 0 Å². The molecule has 0 spiro atoms. The van der Waals surface area contributed by atoms with Gasteiger partial charge in [-0.15, -0.1) is 0 Å². The van der Waals surface area contributed by atoms with Gasteiger partial charge in [0.05, 0.1) is 18.1 Å². The Morgan fingerprint density at radius 3 is 2.41 bits per heavy atom. The molecule has 1 aliphatic heterocycles. The van der Waals surface area contributed by atoms with Gasteiger partial charge in [-0.1, -0.05) is 18.2 Å². The van der Waals surface area contributed by atoms with E-state index in [0.717, 1.165) is 5.69 Å². The monoisotopic (exact) mass is 394 g/mol. The molecule has 0 unspecified atom stereocenters. The van der Waals surface area contributed by atoms with Crippen molar-refractivity contribution >= 4 is 35.0 Å². The topological polar surface area (TPSA) is 131 Å². The summed E-state index contributed by atoms with van der Waals surface area (Å²) >= 11 is 0. The number of ether oxygens (including phenoxy) is 1. The molecular formula is C18H18N8O3. The summed E-state index contributed by atoms with van der Waals surface area (Å²) in [5.74, 6) is 0.973. The molecule has 1 fully saturated rings. The fourth-order valence-corrected chi connectivity index (χ4v) is 2.78.